The Morgan fingerprint density at radius 1 is 1.29 bits per heavy atom. The molecular weight excluding hydrogens is 306 g/mol. The number of ether oxygens (including phenoxy) is 2. The third-order valence-corrected chi connectivity index (χ3v) is 6.19. The van der Waals surface area contributed by atoms with Crippen molar-refractivity contribution in [3.63, 3.8) is 0 Å². The van der Waals surface area contributed by atoms with Gasteiger partial charge in [0.05, 0.1) is 20.0 Å². The first-order valence-corrected chi connectivity index (χ1v) is 8.40. The smallest absolute Gasteiger partial charge is 0.164 e. The number of nitrogens with zero attached hydrogens (tertiary/aromatic N) is 1. The lowest BCUT2D eigenvalue weighted by molar-refractivity contribution is -0.128. The van der Waals surface area contributed by atoms with Crippen LogP contribution in [-0.4, -0.2) is 49.6 Å². The van der Waals surface area contributed by atoms with Crippen molar-refractivity contribution in [1.29, 1.82) is 0 Å². The van der Waals surface area contributed by atoms with Crippen molar-refractivity contribution in [2.24, 2.45) is 5.92 Å². The molecule has 0 aromatic heterocycles. The molecule has 1 aliphatic heterocycles. The van der Waals surface area contributed by atoms with Crippen LogP contribution in [0.4, 0.5) is 0 Å². The molecule has 0 unspecified atom stereocenters. The lowest BCUT2D eigenvalue weighted by Crippen LogP contribution is -2.62. The van der Waals surface area contributed by atoms with Crippen molar-refractivity contribution in [1.82, 2.24) is 4.90 Å². The number of rotatable bonds is 2. The van der Waals surface area contributed by atoms with Crippen LogP contribution in [0, 0.1) is 5.92 Å². The van der Waals surface area contributed by atoms with E-state index in [2.05, 4.69) is 11.9 Å². The minimum absolute atomic E-state index is 0.113. The largest absolute Gasteiger partial charge is 0.504 e. The average molecular weight is 329 g/mol. The number of piperidine rings is 1. The Morgan fingerprint density at radius 3 is 2.79 bits per heavy atom. The molecule has 2 bridgehead atoms. The molecule has 3 atom stereocenters. The standard InChI is InChI=1S/C19H23NO4/c1-20-7-6-19-10-12(23-2)9-14(21)17(19)13(20)8-11-4-5-15(24-3)18(22)16(11)19/h4-5,9,13,17,22H,6-8,10H2,1-3H3/t13-,17+,19-/m1/s1. The van der Waals surface area contributed by atoms with Gasteiger partial charge in [0.1, 0.15) is 0 Å². The van der Waals surface area contributed by atoms with E-state index in [1.54, 1.807) is 20.3 Å². The normalized spacial score (nSPS) is 31.8. The summed E-state index contributed by atoms with van der Waals surface area (Å²) in [5.41, 5.74) is 1.61. The van der Waals surface area contributed by atoms with Gasteiger partial charge in [-0.15, -0.1) is 0 Å². The molecule has 1 N–H and O–H groups in total. The number of aromatic hydroxyl groups is 1. The molecule has 4 rings (SSSR count). The molecule has 5 nitrogen and oxygen atoms in total. The molecule has 0 spiro atoms. The van der Waals surface area contributed by atoms with E-state index in [-0.39, 0.29) is 23.5 Å². The predicted molar refractivity (Wildman–Crippen MR) is 89.3 cm³/mol. The molecule has 1 aromatic carbocycles. The van der Waals surface area contributed by atoms with Gasteiger partial charge in [-0.3, -0.25) is 4.79 Å². The second kappa shape index (κ2) is 5.24. The summed E-state index contributed by atoms with van der Waals surface area (Å²) in [6.07, 6.45) is 3.90. The van der Waals surface area contributed by atoms with Crippen LogP contribution in [0.3, 0.4) is 0 Å². The quantitative estimate of drug-likeness (QED) is 0.899. The van der Waals surface area contributed by atoms with Crippen LogP contribution in [0.25, 0.3) is 0 Å². The summed E-state index contributed by atoms with van der Waals surface area (Å²) < 4.78 is 10.8. The van der Waals surface area contributed by atoms with Crippen LogP contribution < -0.4 is 4.74 Å². The monoisotopic (exact) mass is 329 g/mol. The Labute approximate surface area is 141 Å². The summed E-state index contributed by atoms with van der Waals surface area (Å²) in [5.74, 6) is 1.34. The first kappa shape index (κ1) is 15.5. The molecule has 24 heavy (non-hydrogen) atoms. The molecule has 1 fully saturated rings. The molecule has 0 saturated carbocycles. The number of likely N-dealkylation sites (N-methyl/N-ethyl adjacent to an activating group) is 1. The molecule has 0 amide bonds. The van der Waals surface area contributed by atoms with Crippen molar-refractivity contribution in [3.05, 3.63) is 35.1 Å². The van der Waals surface area contributed by atoms with Crippen molar-refractivity contribution < 1.29 is 19.4 Å². The van der Waals surface area contributed by atoms with E-state index in [1.807, 2.05) is 12.1 Å². The SMILES string of the molecule is COC1=CC(=O)[C@@H]2[C@H]3Cc4ccc(OC)c(O)c4[C@@]2(CCN3C)C1. The van der Waals surface area contributed by atoms with Crippen LogP contribution in [-0.2, 0) is 21.4 Å². The molecule has 5 heteroatoms. The first-order chi connectivity index (χ1) is 11.5. The van der Waals surface area contributed by atoms with Gasteiger partial charge in [-0.2, -0.15) is 0 Å². The Hall–Kier alpha value is -2.01. The van der Waals surface area contributed by atoms with Crippen molar-refractivity contribution in [3.8, 4) is 11.5 Å². The number of allylic oxidation sites excluding steroid dienone is 2. The summed E-state index contributed by atoms with van der Waals surface area (Å²) in [6, 6.07) is 4.02. The van der Waals surface area contributed by atoms with Gasteiger partial charge in [0, 0.05) is 35.4 Å². The third kappa shape index (κ3) is 1.88. The zero-order chi connectivity index (χ0) is 17.1. The van der Waals surface area contributed by atoms with Crippen molar-refractivity contribution in [2.75, 3.05) is 27.8 Å². The Balaban J connectivity index is 1.98. The lowest BCUT2D eigenvalue weighted by Gasteiger charge is -2.56. The first-order valence-electron chi connectivity index (χ1n) is 8.40. The number of likely N-dealkylation sites (tertiary alicyclic amines) is 1. The van der Waals surface area contributed by atoms with E-state index in [9.17, 15) is 9.90 Å². The number of ketones is 1. The van der Waals surface area contributed by atoms with E-state index < -0.39 is 5.41 Å². The maximum Gasteiger partial charge on any atom is 0.164 e. The topological polar surface area (TPSA) is 59.0 Å². The van der Waals surface area contributed by atoms with Gasteiger partial charge in [-0.1, -0.05) is 6.07 Å². The summed E-state index contributed by atoms with van der Waals surface area (Å²) >= 11 is 0. The highest BCUT2D eigenvalue weighted by Gasteiger charge is 2.58. The molecule has 1 heterocycles. The molecule has 1 aromatic rings. The second-order valence-corrected chi connectivity index (χ2v) is 7.18. The summed E-state index contributed by atoms with van der Waals surface area (Å²) in [7, 11) is 5.26. The van der Waals surface area contributed by atoms with Crippen LogP contribution in [0.15, 0.2) is 24.0 Å². The van der Waals surface area contributed by atoms with Crippen LogP contribution >= 0.6 is 0 Å². The maximum absolute atomic E-state index is 12.9. The van der Waals surface area contributed by atoms with Crippen molar-refractivity contribution >= 4 is 5.78 Å². The van der Waals surface area contributed by atoms with Crippen molar-refractivity contribution in [2.45, 2.75) is 30.7 Å². The Bertz CT molecular complexity index is 741. The van der Waals surface area contributed by atoms with Gasteiger partial charge < -0.3 is 19.5 Å². The Kier molecular flexibility index (Phi) is 3.39. The number of fused-ring (bicyclic) bond motifs is 1. The molecule has 0 radical (unpaired) electrons. The zero-order valence-electron chi connectivity index (χ0n) is 14.3. The number of methoxy groups -OCH3 is 2. The second-order valence-electron chi connectivity index (χ2n) is 7.18. The van der Waals surface area contributed by atoms with Gasteiger partial charge in [0.2, 0.25) is 0 Å². The molecular formula is C19H23NO4. The number of carbonyl (C=O) groups is 1. The summed E-state index contributed by atoms with van der Waals surface area (Å²) in [6.45, 7) is 0.904. The van der Waals surface area contributed by atoms with Gasteiger partial charge in [-0.25, -0.2) is 0 Å². The van der Waals surface area contributed by atoms with Crippen LogP contribution in [0.5, 0.6) is 11.5 Å². The lowest BCUT2D eigenvalue weighted by atomic mass is 9.53. The molecule has 128 valence electrons. The van der Waals surface area contributed by atoms with E-state index in [4.69, 9.17) is 9.47 Å². The fraction of sp³-hybridized carbons (Fsp3) is 0.526. The molecule has 2 aliphatic carbocycles. The van der Waals surface area contributed by atoms with Crippen LogP contribution in [0.2, 0.25) is 0 Å². The van der Waals surface area contributed by atoms with E-state index in [1.165, 1.54) is 0 Å². The molecule has 3 aliphatic rings. The average Bonchev–Trinajstić information content (AvgIpc) is 2.57. The van der Waals surface area contributed by atoms with E-state index in [0.29, 0.717) is 17.9 Å². The summed E-state index contributed by atoms with van der Waals surface area (Å²) in [4.78, 5) is 15.2. The van der Waals surface area contributed by atoms with Gasteiger partial charge in [0.15, 0.2) is 17.3 Å². The third-order valence-electron chi connectivity index (χ3n) is 6.19. The highest BCUT2D eigenvalue weighted by atomic mass is 16.5. The number of carbonyl (C=O) groups excluding carboxylic acids is 1. The highest BCUT2D eigenvalue weighted by Crippen LogP contribution is 2.57. The zero-order valence-corrected chi connectivity index (χ0v) is 14.3. The van der Waals surface area contributed by atoms with E-state index >= 15 is 0 Å². The minimum Gasteiger partial charge on any atom is -0.504 e. The van der Waals surface area contributed by atoms with Gasteiger partial charge in [-0.05, 0) is 38.1 Å². The minimum atomic E-state index is -0.402. The maximum atomic E-state index is 12.9. The molecule has 1 saturated heterocycles. The number of hydrogen-bond donors (Lipinski definition) is 1. The van der Waals surface area contributed by atoms with Gasteiger partial charge in [0.25, 0.3) is 0 Å². The number of phenols is 1. The fourth-order valence-electron chi connectivity index (χ4n) is 5.09. The van der Waals surface area contributed by atoms with Gasteiger partial charge >= 0.3 is 0 Å². The fourth-order valence-corrected chi connectivity index (χ4v) is 5.09. The number of benzene rings is 1. The predicted octanol–water partition coefficient (Wildman–Crippen LogP) is 2.02. The van der Waals surface area contributed by atoms with E-state index in [0.717, 1.165) is 30.5 Å². The number of phenolic OH excluding ortho intramolecular Hbond substituents is 1. The highest BCUT2D eigenvalue weighted by molar-refractivity contribution is 5.96. The number of hydrogen-bond acceptors (Lipinski definition) is 5. The Morgan fingerprint density at radius 2 is 2.08 bits per heavy atom. The summed E-state index contributed by atoms with van der Waals surface area (Å²) in [5, 5.41) is 10.9. The van der Waals surface area contributed by atoms with Crippen LogP contribution in [0.1, 0.15) is 24.0 Å².